The van der Waals surface area contributed by atoms with Gasteiger partial charge in [-0.3, -0.25) is 0 Å². The molecule has 0 aliphatic heterocycles. The Balaban J connectivity index is 1.76. The summed E-state index contributed by atoms with van der Waals surface area (Å²) in [5.41, 5.74) is 1.23. The van der Waals surface area contributed by atoms with E-state index in [1.165, 1.54) is 5.69 Å². The van der Waals surface area contributed by atoms with E-state index >= 15 is 0 Å². The predicted molar refractivity (Wildman–Crippen MR) is 89.8 cm³/mol. The lowest BCUT2D eigenvalue weighted by Gasteiger charge is -2.19. The normalized spacial score (nSPS) is 10.3. The zero-order valence-corrected chi connectivity index (χ0v) is 13.7. The van der Waals surface area contributed by atoms with Gasteiger partial charge in [0, 0.05) is 36.5 Å². The lowest BCUT2D eigenvalue weighted by atomic mass is 10.3. The maximum absolute atomic E-state index is 6.10. The summed E-state index contributed by atoms with van der Waals surface area (Å²) in [5, 5.41) is 3.89. The monoisotopic (exact) mass is 353 g/mol. The molecule has 1 heterocycles. The van der Waals surface area contributed by atoms with Crippen molar-refractivity contribution in [3.8, 4) is 0 Å². The molecule has 0 radical (unpaired) electrons. The first-order valence-electron chi connectivity index (χ1n) is 6.48. The van der Waals surface area contributed by atoms with Gasteiger partial charge in [-0.1, -0.05) is 29.8 Å². The molecule has 0 aliphatic carbocycles. The predicted octanol–water partition coefficient (Wildman–Crippen LogP) is 4.44. The standard InChI is InChI=1S/C15H17BrClN3/c1-20(13-6-3-2-4-7-13)9-5-8-18-15-14(17)10-12(16)11-19-15/h2-4,6-7,10-11H,5,8-9H2,1H3,(H,18,19). The third-order valence-corrected chi connectivity index (χ3v) is 3.69. The highest BCUT2D eigenvalue weighted by molar-refractivity contribution is 9.10. The molecule has 0 saturated carbocycles. The van der Waals surface area contributed by atoms with Crippen LogP contribution < -0.4 is 10.2 Å². The first-order chi connectivity index (χ1) is 9.66. The van der Waals surface area contributed by atoms with Crippen molar-refractivity contribution in [1.82, 2.24) is 4.98 Å². The molecule has 0 spiro atoms. The van der Waals surface area contributed by atoms with Crippen molar-refractivity contribution < 1.29 is 0 Å². The van der Waals surface area contributed by atoms with Crippen LogP contribution in [0.3, 0.4) is 0 Å². The van der Waals surface area contributed by atoms with Crippen LogP contribution in [-0.2, 0) is 0 Å². The minimum atomic E-state index is 0.635. The zero-order valence-electron chi connectivity index (χ0n) is 11.3. The summed E-state index contributed by atoms with van der Waals surface area (Å²) in [6.45, 7) is 1.82. The number of hydrogen-bond donors (Lipinski definition) is 1. The molecule has 0 atom stereocenters. The number of aromatic nitrogens is 1. The Bertz CT molecular complexity index is 548. The Morgan fingerprint density at radius 3 is 2.75 bits per heavy atom. The molecule has 0 saturated heterocycles. The Hall–Kier alpha value is -1.26. The third-order valence-electron chi connectivity index (χ3n) is 2.97. The molecule has 0 amide bonds. The molecule has 0 unspecified atom stereocenters. The first kappa shape index (κ1) is 15.1. The van der Waals surface area contributed by atoms with E-state index in [1.807, 2.05) is 12.1 Å². The molecule has 2 rings (SSSR count). The van der Waals surface area contributed by atoms with Gasteiger partial charge in [-0.25, -0.2) is 4.98 Å². The summed E-state index contributed by atoms with van der Waals surface area (Å²) in [5.74, 6) is 0.734. The summed E-state index contributed by atoms with van der Waals surface area (Å²) in [4.78, 5) is 6.48. The number of nitrogens with one attached hydrogen (secondary N) is 1. The third kappa shape index (κ3) is 4.39. The summed E-state index contributed by atoms with van der Waals surface area (Å²) >= 11 is 9.44. The van der Waals surface area contributed by atoms with Crippen LogP contribution in [0.4, 0.5) is 11.5 Å². The van der Waals surface area contributed by atoms with E-state index in [-0.39, 0.29) is 0 Å². The van der Waals surface area contributed by atoms with Crippen LogP contribution in [0.15, 0.2) is 47.1 Å². The zero-order chi connectivity index (χ0) is 14.4. The van der Waals surface area contributed by atoms with Crippen molar-refractivity contribution in [2.45, 2.75) is 6.42 Å². The number of rotatable bonds is 6. The van der Waals surface area contributed by atoms with Crippen molar-refractivity contribution in [2.24, 2.45) is 0 Å². The van der Waals surface area contributed by atoms with Gasteiger partial charge in [-0.2, -0.15) is 0 Å². The largest absolute Gasteiger partial charge is 0.375 e. The van der Waals surface area contributed by atoms with Crippen molar-refractivity contribution >= 4 is 39.0 Å². The lowest BCUT2D eigenvalue weighted by Crippen LogP contribution is -2.20. The van der Waals surface area contributed by atoms with Crippen LogP contribution in [-0.4, -0.2) is 25.1 Å². The molecule has 0 aliphatic rings. The second kappa shape index (κ2) is 7.50. The molecule has 0 fully saturated rings. The highest BCUT2D eigenvalue weighted by Gasteiger charge is 2.03. The van der Waals surface area contributed by atoms with Crippen LogP contribution in [0, 0.1) is 0 Å². The Labute approximate surface area is 133 Å². The summed E-state index contributed by atoms with van der Waals surface area (Å²) in [6.07, 6.45) is 2.75. The molecule has 3 nitrogen and oxygen atoms in total. The highest BCUT2D eigenvalue weighted by Crippen LogP contribution is 2.22. The van der Waals surface area contributed by atoms with E-state index in [0.29, 0.717) is 5.02 Å². The van der Waals surface area contributed by atoms with Gasteiger partial charge in [0.2, 0.25) is 0 Å². The van der Waals surface area contributed by atoms with Crippen molar-refractivity contribution in [3.63, 3.8) is 0 Å². The minimum Gasteiger partial charge on any atom is -0.375 e. The van der Waals surface area contributed by atoms with Gasteiger partial charge in [-0.05, 0) is 40.5 Å². The number of anilines is 2. The van der Waals surface area contributed by atoms with Crippen LogP contribution >= 0.6 is 27.5 Å². The quantitative estimate of drug-likeness (QED) is 0.778. The van der Waals surface area contributed by atoms with Gasteiger partial charge in [0.15, 0.2) is 0 Å². The fraction of sp³-hybridized carbons (Fsp3) is 0.267. The second-order valence-corrected chi connectivity index (χ2v) is 5.84. The Morgan fingerprint density at radius 2 is 2.05 bits per heavy atom. The van der Waals surface area contributed by atoms with Crippen molar-refractivity contribution in [2.75, 3.05) is 30.4 Å². The van der Waals surface area contributed by atoms with Gasteiger partial charge >= 0.3 is 0 Å². The fourth-order valence-electron chi connectivity index (χ4n) is 1.88. The topological polar surface area (TPSA) is 28.2 Å². The summed E-state index contributed by atoms with van der Waals surface area (Å²) in [7, 11) is 2.10. The van der Waals surface area contributed by atoms with E-state index in [4.69, 9.17) is 11.6 Å². The summed E-state index contributed by atoms with van der Waals surface area (Å²) in [6, 6.07) is 12.2. The maximum atomic E-state index is 6.10. The Kier molecular flexibility index (Phi) is 5.68. The molecular weight excluding hydrogens is 338 g/mol. The molecule has 1 aromatic heterocycles. The molecule has 0 bridgehead atoms. The second-order valence-electron chi connectivity index (χ2n) is 4.52. The van der Waals surface area contributed by atoms with E-state index in [2.05, 4.69) is 62.4 Å². The van der Waals surface area contributed by atoms with Gasteiger partial charge in [-0.15, -0.1) is 0 Å². The highest BCUT2D eigenvalue weighted by atomic mass is 79.9. The molecular formula is C15H17BrClN3. The fourth-order valence-corrected chi connectivity index (χ4v) is 2.58. The van der Waals surface area contributed by atoms with Crippen LogP contribution in [0.5, 0.6) is 0 Å². The molecule has 2 aromatic rings. The Morgan fingerprint density at radius 1 is 1.30 bits per heavy atom. The van der Waals surface area contributed by atoms with E-state index in [1.54, 1.807) is 6.20 Å². The first-order valence-corrected chi connectivity index (χ1v) is 7.65. The molecule has 106 valence electrons. The molecule has 5 heteroatoms. The summed E-state index contributed by atoms with van der Waals surface area (Å²) < 4.78 is 0.886. The number of nitrogens with zero attached hydrogens (tertiary/aromatic N) is 2. The van der Waals surface area contributed by atoms with Gasteiger partial charge in [0.25, 0.3) is 0 Å². The van der Waals surface area contributed by atoms with E-state index in [0.717, 1.165) is 29.8 Å². The lowest BCUT2D eigenvalue weighted by molar-refractivity contribution is 0.814. The SMILES string of the molecule is CN(CCCNc1ncc(Br)cc1Cl)c1ccccc1. The van der Waals surface area contributed by atoms with Crippen molar-refractivity contribution in [1.29, 1.82) is 0 Å². The van der Waals surface area contributed by atoms with Gasteiger partial charge in [0.05, 0.1) is 5.02 Å². The van der Waals surface area contributed by atoms with Crippen LogP contribution in [0.25, 0.3) is 0 Å². The van der Waals surface area contributed by atoms with E-state index < -0.39 is 0 Å². The molecule has 1 N–H and O–H groups in total. The number of pyridine rings is 1. The molecule has 20 heavy (non-hydrogen) atoms. The maximum Gasteiger partial charge on any atom is 0.144 e. The number of hydrogen-bond acceptors (Lipinski definition) is 3. The number of halogens is 2. The minimum absolute atomic E-state index is 0.635. The van der Waals surface area contributed by atoms with Gasteiger partial charge in [0.1, 0.15) is 5.82 Å². The van der Waals surface area contributed by atoms with Crippen LogP contribution in [0.1, 0.15) is 6.42 Å². The number of para-hydroxylation sites is 1. The smallest absolute Gasteiger partial charge is 0.144 e. The van der Waals surface area contributed by atoms with Gasteiger partial charge < -0.3 is 10.2 Å². The van der Waals surface area contributed by atoms with E-state index in [9.17, 15) is 0 Å². The average molecular weight is 355 g/mol. The molecule has 1 aromatic carbocycles. The average Bonchev–Trinajstić information content (AvgIpc) is 2.46. The van der Waals surface area contributed by atoms with Crippen LogP contribution in [0.2, 0.25) is 5.02 Å². The number of benzene rings is 1. The van der Waals surface area contributed by atoms with Crippen molar-refractivity contribution in [3.05, 3.63) is 52.1 Å².